The fraction of sp³-hybridized carbons (Fsp3) is 0.444. The number of nitrogens with zero attached hydrogens (tertiary/aromatic N) is 3. The van der Waals surface area contributed by atoms with E-state index in [2.05, 4.69) is 39.6 Å². The zero-order valence-corrected chi connectivity index (χ0v) is 18.9. The molecule has 1 aromatic heterocycles. The number of halogens is 2. The average molecular weight is 492 g/mol. The van der Waals surface area contributed by atoms with Crippen LogP contribution in [0, 0.1) is 13.8 Å². The van der Waals surface area contributed by atoms with Crippen LogP contribution in [0.4, 0.5) is 0 Å². The third-order valence-electron chi connectivity index (χ3n) is 4.04. The summed E-state index contributed by atoms with van der Waals surface area (Å²) in [7, 11) is 5.85. The molecule has 0 fully saturated rings. The average Bonchev–Trinajstić information content (AvgIpc) is 2.90. The van der Waals surface area contributed by atoms with Gasteiger partial charge in [-0.25, -0.2) is 4.98 Å². The number of aromatic nitrogens is 1. The van der Waals surface area contributed by atoms with Gasteiger partial charge in [0.1, 0.15) is 5.76 Å². The van der Waals surface area contributed by atoms with Crippen molar-refractivity contribution in [3.63, 3.8) is 0 Å². The van der Waals surface area contributed by atoms with Crippen molar-refractivity contribution in [3.8, 4) is 0 Å². The fourth-order valence-corrected chi connectivity index (χ4v) is 2.60. The van der Waals surface area contributed by atoms with Gasteiger partial charge < -0.3 is 20.0 Å². The third kappa shape index (κ3) is 6.44. The maximum atomic E-state index is 5.99. The van der Waals surface area contributed by atoms with Crippen molar-refractivity contribution in [3.05, 3.63) is 52.2 Å². The molecule has 0 saturated carbocycles. The summed E-state index contributed by atoms with van der Waals surface area (Å²) in [6.07, 6.45) is 0. The first-order chi connectivity index (χ1) is 11.9. The molecule has 0 saturated heterocycles. The van der Waals surface area contributed by atoms with Crippen LogP contribution in [0.2, 0.25) is 5.02 Å². The van der Waals surface area contributed by atoms with Gasteiger partial charge in [-0.1, -0.05) is 23.7 Å². The molecule has 26 heavy (non-hydrogen) atoms. The maximum absolute atomic E-state index is 5.99. The Hall–Kier alpha value is -1.32. The van der Waals surface area contributed by atoms with Gasteiger partial charge in [0, 0.05) is 18.6 Å². The summed E-state index contributed by atoms with van der Waals surface area (Å²) in [4.78, 5) is 10.8. The summed E-state index contributed by atoms with van der Waals surface area (Å²) in [5.41, 5.74) is 2.10. The Morgan fingerprint density at radius 2 is 1.88 bits per heavy atom. The molecule has 0 aliphatic carbocycles. The second kappa shape index (κ2) is 10.7. The molecular formula is C18H27ClIN5O. The van der Waals surface area contributed by atoms with Gasteiger partial charge >= 0.3 is 0 Å². The highest BCUT2D eigenvalue weighted by Gasteiger charge is 2.15. The number of hydrogen-bond acceptors (Lipinski definition) is 4. The quantitative estimate of drug-likeness (QED) is 0.368. The van der Waals surface area contributed by atoms with Crippen molar-refractivity contribution in [1.82, 2.24) is 20.5 Å². The number of aliphatic imine (C=N–C) groups is 1. The molecule has 6 nitrogen and oxygen atoms in total. The summed E-state index contributed by atoms with van der Waals surface area (Å²) in [6.45, 7) is 5.04. The number of benzene rings is 1. The lowest BCUT2D eigenvalue weighted by molar-refractivity contribution is 0.298. The normalized spacial score (nSPS) is 12.7. The minimum atomic E-state index is 0. The van der Waals surface area contributed by atoms with Crippen LogP contribution in [0.15, 0.2) is 33.7 Å². The Balaban J connectivity index is 0.00000338. The van der Waals surface area contributed by atoms with Crippen LogP contribution in [-0.4, -0.2) is 43.5 Å². The molecule has 0 amide bonds. The molecule has 1 aromatic carbocycles. The molecule has 0 spiro atoms. The Morgan fingerprint density at radius 3 is 2.38 bits per heavy atom. The van der Waals surface area contributed by atoms with E-state index in [1.54, 1.807) is 7.05 Å². The van der Waals surface area contributed by atoms with Crippen LogP contribution < -0.4 is 10.6 Å². The van der Waals surface area contributed by atoms with E-state index in [9.17, 15) is 0 Å². The van der Waals surface area contributed by atoms with Gasteiger partial charge in [-0.05, 0) is 45.6 Å². The van der Waals surface area contributed by atoms with E-state index in [-0.39, 0.29) is 30.0 Å². The highest BCUT2D eigenvalue weighted by atomic mass is 127. The van der Waals surface area contributed by atoms with E-state index in [4.69, 9.17) is 16.0 Å². The van der Waals surface area contributed by atoms with E-state index in [0.717, 1.165) is 16.5 Å². The SMILES string of the molecule is CN=C(NCc1nc(C)c(C)o1)NCC(c1ccc(Cl)cc1)N(C)C.I. The highest BCUT2D eigenvalue weighted by molar-refractivity contribution is 14.0. The van der Waals surface area contributed by atoms with Crippen molar-refractivity contribution in [2.24, 2.45) is 4.99 Å². The predicted molar refractivity (Wildman–Crippen MR) is 117 cm³/mol. The lowest BCUT2D eigenvalue weighted by Gasteiger charge is -2.26. The number of guanidine groups is 1. The molecule has 2 rings (SSSR count). The zero-order valence-electron chi connectivity index (χ0n) is 15.8. The zero-order chi connectivity index (χ0) is 18.4. The molecule has 0 aliphatic heterocycles. The molecule has 144 valence electrons. The van der Waals surface area contributed by atoms with Gasteiger partial charge in [0.15, 0.2) is 5.96 Å². The topological polar surface area (TPSA) is 65.7 Å². The first kappa shape index (κ1) is 22.7. The van der Waals surface area contributed by atoms with Crippen molar-refractivity contribution in [1.29, 1.82) is 0 Å². The van der Waals surface area contributed by atoms with E-state index < -0.39 is 0 Å². The standard InChI is InChI=1S/C18H26ClN5O.HI/c1-12-13(2)25-17(23-12)11-22-18(20-3)21-10-16(24(4)5)14-6-8-15(19)9-7-14;/h6-9,16H,10-11H2,1-5H3,(H2,20,21,22);1H. The number of likely N-dealkylation sites (N-methyl/N-ethyl adjacent to an activating group) is 1. The van der Waals surface area contributed by atoms with Crippen LogP contribution in [0.1, 0.15) is 29.0 Å². The molecule has 1 atom stereocenters. The Morgan fingerprint density at radius 1 is 1.23 bits per heavy atom. The Kier molecular flexibility index (Phi) is 9.38. The minimum absolute atomic E-state index is 0. The summed E-state index contributed by atoms with van der Waals surface area (Å²) in [5.74, 6) is 2.20. The fourth-order valence-electron chi connectivity index (χ4n) is 2.47. The smallest absolute Gasteiger partial charge is 0.214 e. The molecule has 0 aliphatic rings. The minimum Gasteiger partial charge on any atom is -0.444 e. The number of hydrogen-bond donors (Lipinski definition) is 2. The van der Waals surface area contributed by atoms with Gasteiger partial charge in [-0.2, -0.15) is 0 Å². The van der Waals surface area contributed by atoms with Crippen LogP contribution in [-0.2, 0) is 6.54 Å². The van der Waals surface area contributed by atoms with Crippen molar-refractivity contribution in [2.75, 3.05) is 27.7 Å². The molecule has 1 unspecified atom stereocenters. The second-order valence-corrected chi connectivity index (χ2v) is 6.52. The van der Waals surface area contributed by atoms with E-state index >= 15 is 0 Å². The van der Waals surface area contributed by atoms with Crippen LogP contribution in [0.25, 0.3) is 0 Å². The van der Waals surface area contributed by atoms with Crippen molar-refractivity contribution >= 4 is 41.5 Å². The Labute approximate surface area is 177 Å². The van der Waals surface area contributed by atoms with Crippen molar-refractivity contribution in [2.45, 2.75) is 26.4 Å². The molecule has 0 radical (unpaired) electrons. The lowest BCUT2D eigenvalue weighted by atomic mass is 10.1. The number of oxazole rings is 1. The summed E-state index contributed by atoms with van der Waals surface area (Å²) >= 11 is 5.99. The molecule has 8 heteroatoms. The van der Waals surface area contributed by atoms with Crippen LogP contribution in [0.3, 0.4) is 0 Å². The van der Waals surface area contributed by atoms with Gasteiger partial charge in [0.25, 0.3) is 0 Å². The summed E-state index contributed by atoms with van der Waals surface area (Å²) < 4.78 is 5.58. The van der Waals surface area contributed by atoms with Gasteiger partial charge in [0.2, 0.25) is 5.89 Å². The first-order valence-electron chi connectivity index (χ1n) is 8.20. The van der Waals surface area contributed by atoms with Gasteiger partial charge in [-0.3, -0.25) is 4.99 Å². The summed E-state index contributed by atoms with van der Waals surface area (Å²) in [5, 5.41) is 7.31. The maximum Gasteiger partial charge on any atom is 0.214 e. The Bertz CT molecular complexity index is 695. The molecular weight excluding hydrogens is 465 g/mol. The monoisotopic (exact) mass is 491 g/mol. The molecule has 0 bridgehead atoms. The van der Waals surface area contributed by atoms with E-state index in [1.165, 1.54) is 5.56 Å². The predicted octanol–water partition coefficient (Wildman–Crippen LogP) is 3.53. The number of aryl methyl sites for hydroxylation is 2. The largest absolute Gasteiger partial charge is 0.444 e. The van der Waals surface area contributed by atoms with E-state index in [0.29, 0.717) is 24.9 Å². The highest BCUT2D eigenvalue weighted by Crippen LogP contribution is 2.19. The third-order valence-corrected chi connectivity index (χ3v) is 4.30. The number of nitrogens with one attached hydrogen (secondary N) is 2. The van der Waals surface area contributed by atoms with E-state index in [1.807, 2.05) is 38.1 Å². The molecule has 2 N–H and O–H groups in total. The second-order valence-electron chi connectivity index (χ2n) is 6.09. The lowest BCUT2D eigenvalue weighted by Crippen LogP contribution is -2.41. The van der Waals surface area contributed by atoms with Crippen LogP contribution in [0.5, 0.6) is 0 Å². The van der Waals surface area contributed by atoms with Gasteiger partial charge in [-0.15, -0.1) is 24.0 Å². The summed E-state index contributed by atoms with van der Waals surface area (Å²) in [6, 6.07) is 8.11. The molecule has 1 heterocycles. The van der Waals surface area contributed by atoms with Crippen LogP contribution >= 0.6 is 35.6 Å². The van der Waals surface area contributed by atoms with Gasteiger partial charge in [0.05, 0.1) is 18.3 Å². The first-order valence-corrected chi connectivity index (χ1v) is 8.57. The number of rotatable bonds is 6. The molecule has 2 aromatic rings. The van der Waals surface area contributed by atoms with Crippen molar-refractivity contribution < 1.29 is 4.42 Å².